The van der Waals surface area contributed by atoms with Gasteiger partial charge in [0.1, 0.15) is 23.6 Å². The maximum absolute atomic E-state index is 13.1. The van der Waals surface area contributed by atoms with Gasteiger partial charge in [-0.15, -0.1) is 0 Å². The third-order valence-electron chi connectivity index (χ3n) is 4.70. The van der Waals surface area contributed by atoms with Crippen molar-refractivity contribution in [3.63, 3.8) is 0 Å². The van der Waals surface area contributed by atoms with Crippen LogP contribution in [-0.2, 0) is 4.79 Å². The fourth-order valence-electron chi connectivity index (χ4n) is 3.10. The first-order valence-corrected chi connectivity index (χ1v) is 11.6. The molecule has 1 heterocycles. The number of nitrogens with zero attached hydrogens (tertiary/aromatic N) is 2. The summed E-state index contributed by atoms with van der Waals surface area (Å²) in [5, 5.41) is 7.97. The van der Waals surface area contributed by atoms with E-state index in [9.17, 15) is 18.4 Å². The molecular weight excluding hydrogens is 575 g/mol. The van der Waals surface area contributed by atoms with Gasteiger partial charge in [-0.1, -0.05) is 6.07 Å². The number of carbonyl (C=O) groups excluding carboxylic acids is 2. The predicted octanol–water partition coefficient (Wildman–Crippen LogP) is 5.93. The van der Waals surface area contributed by atoms with Crippen molar-refractivity contribution in [2.45, 2.75) is 23.9 Å². The molecule has 3 aromatic rings. The van der Waals surface area contributed by atoms with Gasteiger partial charge in [-0.05, 0) is 49.6 Å². The number of hydrogen-bond donors (Lipinski definition) is 3. The molecule has 1 aliphatic rings. The molecule has 182 valence electrons. The zero-order valence-corrected chi connectivity index (χ0v) is 20.5. The molecule has 0 spiro atoms. The molecule has 12 heteroatoms. The number of aromatic nitrogens is 2. The molecule has 9 nitrogen and oxygen atoms in total. The maximum atomic E-state index is 13.1. The first kappa shape index (κ1) is 24.6. The van der Waals surface area contributed by atoms with Gasteiger partial charge in [-0.25, -0.2) is 14.8 Å². The van der Waals surface area contributed by atoms with Gasteiger partial charge in [0.05, 0.1) is 22.6 Å². The van der Waals surface area contributed by atoms with Crippen LogP contribution in [0.3, 0.4) is 0 Å². The van der Waals surface area contributed by atoms with Gasteiger partial charge in [0.2, 0.25) is 11.8 Å². The van der Waals surface area contributed by atoms with Crippen molar-refractivity contribution in [1.29, 1.82) is 0 Å². The lowest BCUT2D eigenvalue weighted by Crippen LogP contribution is -2.20. The van der Waals surface area contributed by atoms with E-state index in [0.717, 1.165) is 41.0 Å². The second-order valence-electron chi connectivity index (χ2n) is 7.80. The lowest BCUT2D eigenvalue weighted by atomic mass is 10.2. The highest BCUT2D eigenvalue weighted by molar-refractivity contribution is 14.1. The zero-order chi connectivity index (χ0) is 25.0. The molecule has 35 heavy (non-hydrogen) atoms. The fourth-order valence-corrected chi connectivity index (χ4v) is 3.36. The Kier molecular flexibility index (Phi) is 7.28. The number of aryl methyl sites for hydroxylation is 1. The van der Waals surface area contributed by atoms with Crippen molar-refractivity contribution in [3.05, 3.63) is 60.4 Å². The second kappa shape index (κ2) is 10.4. The average molecular weight is 595 g/mol. The summed E-state index contributed by atoms with van der Waals surface area (Å²) < 4.78 is 33.1. The zero-order valence-electron chi connectivity index (χ0n) is 18.3. The van der Waals surface area contributed by atoms with Crippen LogP contribution in [0.1, 0.15) is 18.4 Å². The summed E-state index contributed by atoms with van der Waals surface area (Å²) in [5.74, 6) is 0.819. The van der Waals surface area contributed by atoms with E-state index in [1.54, 1.807) is 18.2 Å². The van der Waals surface area contributed by atoms with Crippen LogP contribution in [0.5, 0.6) is 17.4 Å². The van der Waals surface area contributed by atoms with E-state index in [2.05, 4.69) is 30.7 Å². The number of nitrogens with one attached hydrogen (secondary N) is 3. The van der Waals surface area contributed by atoms with Crippen LogP contribution < -0.4 is 25.4 Å². The van der Waals surface area contributed by atoms with Crippen LogP contribution in [-0.4, -0.2) is 26.0 Å². The Bertz CT molecular complexity index is 1250. The van der Waals surface area contributed by atoms with E-state index in [4.69, 9.17) is 4.74 Å². The van der Waals surface area contributed by atoms with Crippen LogP contribution >= 0.6 is 22.6 Å². The Morgan fingerprint density at radius 3 is 2.49 bits per heavy atom. The fraction of sp³-hybridized carbons (Fsp3) is 0.217. The molecule has 4 rings (SSSR count). The molecule has 0 radical (unpaired) electrons. The molecule has 1 fully saturated rings. The van der Waals surface area contributed by atoms with Crippen molar-refractivity contribution in [2.75, 3.05) is 16.0 Å². The van der Waals surface area contributed by atoms with Gasteiger partial charge in [-0.3, -0.25) is 4.79 Å². The van der Waals surface area contributed by atoms with Crippen LogP contribution in [0, 0.1) is 12.8 Å². The monoisotopic (exact) mass is 595 g/mol. The van der Waals surface area contributed by atoms with Crippen LogP contribution in [0.15, 0.2) is 54.9 Å². The smallest absolute Gasteiger partial charge is 0.439 e. The Labute approximate surface area is 212 Å². The molecule has 0 unspecified atom stereocenters. The normalized spacial score (nSPS) is 13.0. The van der Waals surface area contributed by atoms with Crippen molar-refractivity contribution in [3.8, 4) is 17.4 Å². The largest absolute Gasteiger partial charge is 0.451 e. The van der Waals surface area contributed by atoms with Gasteiger partial charge < -0.3 is 25.4 Å². The van der Waals surface area contributed by atoms with Crippen molar-refractivity contribution in [2.24, 2.45) is 5.92 Å². The van der Waals surface area contributed by atoms with E-state index in [0.29, 0.717) is 17.3 Å². The van der Waals surface area contributed by atoms with Gasteiger partial charge >= 0.3 is 10.1 Å². The van der Waals surface area contributed by atoms with Crippen LogP contribution in [0.4, 0.5) is 30.8 Å². The number of amides is 3. The standard InChI is InChI=1S/C23H20F2IN5O4/c1-13-7-16(30-22(33)29-15-3-2-4-17(9-15)35-23(24,25)26)10-18(8-13)34-20-11-19(27-12-28-20)31-21(32)14-5-6-14/h2-4,7-12,14H,5-6H2,1H3,(H2,29,30,33)(H,27,28,31,32). The van der Waals surface area contributed by atoms with Crippen molar-refractivity contribution >= 4 is 51.7 Å². The lowest BCUT2D eigenvalue weighted by molar-refractivity contribution is -0.117. The number of hydrogen-bond acceptors (Lipinski definition) is 6. The molecule has 3 amide bonds. The first-order valence-electron chi connectivity index (χ1n) is 10.5. The molecule has 2 aromatic carbocycles. The highest BCUT2D eigenvalue weighted by atomic mass is 127. The number of ether oxygens (including phenoxy) is 2. The Hall–Kier alpha value is -3.55. The molecule has 1 saturated carbocycles. The molecule has 3 N–H and O–H groups in total. The van der Waals surface area contributed by atoms with E-state index >= 15 is 0 Å². The average Bonchev–Trinajstić information content (AvgIpc) is 3.58. The number of halogens is 3. The van der Waals surface area contributed by atoms with E-state index in [-0.39, 0.29) is 29.1 Å². The van der Waals surface area contributed by atoms with E-state index in [1.165, 1.54) is 36.7 Å². The lowest BCUT2D eigenvalue weighted by Gasteiger charge is -2.13. The number of anilines is 3. The third-order valence-corrected chi connectivity index (χ3v) is 4.92. The maximum Gasteiger partial charge on any atom is 0.451 e. The topological polar surface area (TPSA) is 114 Å². The number of carbonyl (C=O) groups is 2. The summed E-state index contributed by atoms with van der Waals surface area (Å²) in [6.45, 7) is 1.82. The number of urea groups is 1. The van der Waals surface area contributed by atoms with Crippen LogP contribution in [0.25, 0.3) is 0 Å². The highest BCUT2D eigenvalue weighted by Gasteiger charge is 2.30. The van der Waals surface area contributed by atoms with Gasteiger partial charge in [0, 0.05) is 35.5 Å². The minimum absolute atomic E-state index is 0.0353. The van der Waals surface area contributed by atoms with Crippen molar-refractivity contribution < 1.29 is 27.8 Å². The SMILES string of the molecule is Cc1cc(NC(=O)Nc2cccc(OC(F)(F)I)c2)cc(Oc2cc(NC(=O)C3CC3)ncn2)c1. The molecule has 0 saturated heterocycles. The van der Waals surface area contributed by atoms with E-state index in [1.807, 2.05) is 6.92 Å². The summed E-state index contributed by atoms with van der Waals surface area (Å²) in [6.07, 6.45) is 3.03. The number of rotatable bonds is 8. The van der Waals surface area contributed by atoms with Crippen LogP contribution in [0.2, 0.25) is 0 Å². The minimum Gasteiger partial charge on any atom is -0.439 e. The molecule has 0 atom stereocenters. The minimum atomic E-state index is -3.37. The Morgan fingerprint density at radius 1 is 1.00 bits per heavy atom. The third kappa shape index (κ3) is 7.73. The molecule has 0 bridgehead atoms. The second-order valence-corrected chi connectivity index (χ2v) is 9.05. The predicted molar refractivity (Wildman–Crippen MR) is 133 cm³/mol. The Balaban J connectivity index is 1.40. The van der Waals surface area contributed by atoms with Gasteiger partial charge in [-0.2, -0.15) is 8.78 Å². The number of benzene rings is 2. The summed E-state index contributed by atoms with van der Waals surface area (Å²) >= 11 is 0.864. The highest BCUT2D eigenvalue weighted by Crippen LogP contribution is 2.31. The van der Waals surface area contributed by atoms with Gasteiger partial charge in [0.25, 0.3) is 0 Å². The first-order chi connectivity index (χ1) is 16.6. The summed E-state index contributed by atoms with van der Waals surface area (Å²) in [6, 6.07) is 11.6. The summed E-state index contributed by atoms with van der Waals surface area (Å²) in [5.41, 5.74) is 1.50. The molecule has 0 aliphatic heterocycles. The quantitative estimate of drug-likeness (QED) is 0.220. The van der Waals surface area contributed by atoms with Crippen molar-refractivity contribution in [1.82, 2.24) is 9.97 Å². The molecule has 1 aliphatic carbocycles. The summed E-state index contributed by atoms with van der Waals surface area (Å²) in [7, 11) is 0. The molecular formula is C23H20F2IN5O4. The summed E-state index contributed by atoms with van der Waals surface area (Å²) in [4.78, 5) is 32.5. The Morgan fingerprint density at radius 2 is 1.74 bits per heavy atom. The van der Waals surface area contributed by atoms with Gasteiger partial charge in [0.15, 0.2) is 0 Å². The van der Waals surface area contributed by atoms with E-state index < -0.39 is 10.1 Å². The molecule has 1 aromatic heterocycles. The number of alkyl halides is 3.